The van der Waals surface area contributed by atoms with Crippen LogP contribution in [0, 0.1) is 11.8 Å². The molecule has 1 aliphatic rings. The maximum Gasteiger partial charge on any atom is 0.306 e. The Bertz CT molecular complexity index is 237. The Morgan fingerprint density at radius 2 is 1.71 bits per heavy atom. The van der Waals surface area contributed by atoms with Crippen LogP contribution in [0.1, 0.15) is 59.3 Å². The molecule has 1 fully saturated rings. The lowest BCUT2D eigenvalue weighted by molar-refractivity contribution is -0.155. The molecule has 2 nitrogen and oxygen atoms in total. The summed E-state index contributed by atoms with van der Waals surface area (Å²) in [4.78, 5) is 11.6. The average molecular weight is 305 g/mol. The van der Waals surface area contributed by atoms with Gasteiger partial charge in [0.05, 0.1) is 0 Å². The lowest BCUT2D eigenvalue weighted by Crippen LogP contribution is -2.24. The first-order chi connectivity index (χ1) is 7.90. The van der Waals surface area contributed by atoms with Crippen molar-refractivity contribution in [3.05, 3.63) is 0 Å². The van der Waals surface area contributed by atoms with E-state index in [4.69, 9.17) is 4.74 Å². The van der Waals surface area contributed by atoms with E-state index < -0.39 is 0 Å². The minimum atomic E-state index is -0.343. The Labute approximate surface area is 114 Å². The van der Waals surface area contributed by atoms with Crippen molar-refractivity contribution < 1.29 is 9.53 Å². The van der Waals surface area contributed by atoms with Crippen LogP contribution >= 0.6 is 15.9 Å². The monoisotopic (exact) mass is 304 g/mol. The Morgan fingerprint density at radius 3 is 2.18 bits per heavy atom. The Kier molecular flexibility index (Phi) is 5.98. The molecule has 0 spiro atoms. The molecule has 3 heteroatoms. The van der Waals surface area contributed by atoms with Crippen molar-refractivity contribution in [1.82, 2.24) is 0 Å². The molecular formula is C14H25BrO2. The van der Waals surface area contributed by atoms with Gasteiger partial charge < -0.3 is 4.74 Å². The fourth-order valence-electron chi connectivity index (χ4n) is 2.39. The third-order valence-electron chi connectivity index (χ3n) is 3.36. The first-order valence-electron chi connectivity index (χ1n) is 6.68. The molecule has 0 heterocycles. The van der Waals surface area contributed by atoms with Crippen LogP contribution in [-0.2, 0) is 9.53 Å². The Hall–Kier alpha value is -0.0500. The molecule has 0 N–H and O–H groups in total. The summed E-state index contributed by atoms with van der Waals surface area (Å²) in [6.45, 7) is 5.77. The molecule has 1 aliphatic carbocycles. The number of hydrogen-bond donors (Lipinski definition) is 0. The lowest BCUT2D eigenvalue weighted by atomic mass is 9.81. The van der Waals surface area contributed by atoms with Gasteiger partial charge in [-0.25, -0.2) is 0 Å². The predicted octanol–water partition coefficient (Wildman–Crippen LogP) is 4.31. The van der Waals surface area contributed by atoms with Gasteiger partial charge in [0.25, 0.3) is 0 Å². The number of halogens is 1. The van der Waals surface area contributed by atoms with Crippen LogP contribution in [0.5, 0.6) is 0 Å². The van der Waals surface area contributed by atoms with E-state index >= 15 is 0 Å². The average Bonchev–Trinajstić information content (AvgIpc) is 2.25. The fraction of sp³-hybridized carbons (Fsp3) is 0.929. The normalized spacial score (nSPS) is 25.6. The summed E-state index contributed by atoms with van der Waals surface area (Å²) in [5.41, 5.74) is -0.343. The fourth-order valence-corrected chi connectivity index (χ4v) is 3.04. The number of rotatable bonds is 4. The van der Waals surface area contributed by atoms with Crippen molar-refractivity contribution in [2.24, 2.45) is 11.8 Å². The molecule has 0 aromatic rings. The van der Waals surface area contributed by atoms with E-state index in [0.29, 0.717) is 6.42 Å². The smallest absolute Gasteiger partial charge is 0.306 e. The molecule has 17 heavy (non-hydrogen) atoms. The summed E-state index contributed by atoms with van der Waals surface area (Å²) in [5.74, 6) is 1.55. The van der Waals surface area contributed by atoms with Gasteiger partial charge >= 0.3 is 5.97 Å². The second kappa shape index (κ2) is 6.77. The zero-order valence-electron chi connectivity index (χ0n) is 11.3. The van der Waals surface area contributed by atoms with E-state index in [0.717, 1.165) is 23.6 Å². The van der Waals surface area contributed by atoms with E-state index in [-0.39, 0.29) is 11.6 Å². The Morgan fingerprint density at radius 1 is 1.18 bits per heavy atom. The summed E-state index contributed by atoms with van der Waals surface area (Å²) < 4.78 is 5.32. The molecule has 0 unspecified atom stereocenters. The van der Waals surface area contributed by atoms with Gasteiger partial charge in [0.1, 0.15) is 5.60 Å². The second-order valence-electron chi connectivity index (χ2n) is 6.17. The largest absolute Gasteiger partial charge is 0.460 e. The van der Waals surface area contributed by atoms with E-state index in [1.165, 1.54) is 25.7 Å². The number of ether oxygens (including phenoxy) is 1. The number of hydrogen-bond acceptors (Lipinski definition) is 2. The number of carbonyl (C=O) groups excluding carboxylic acids is 1. The van der Waals surface area contributed by atoms with Crippen LogP contribution in [-0.4, -0.2) is 16.9 Å². The standard InChI is InChI=1S/C14H25BrO2/c1-14(2,3)17-13(16)9-8-11-4-6-12(10-15)7-5-11/h11-12H,4-10H2,1-3H3/t11-,12-. The van der Waals surface area contributed by atoms with Crippen LogP contribution in [0.4, 0.5) is 0 Å². The van der Waals surface area contributed by atoms with Gasteiger partial charge in [0.2, 0.25) is 0 Å². The molecule has 0 amide bonds. The maximum absolute atomic E-state index is 11.6. The van der Waals surface area contributed by atoms with Crippen molar-refractivity contribution in [2.75, 3.05) is 5.33 Å². The van der Waals surface area contributed by atoms with Crippen LogP contribution in [0.3, 0.4) is 0 Å². The highest BCUT2D eigenvalue weighted by molar-refractivity contribution is 9.09. The van der Waals surface area contributed by atoms with Gasteiger partial charge in [0.15, 0.2) is 0 Å². The van der Waals surface area contributed by atoms with Gasteiger partial charge in [-0.1, -0.05) is 28.8 Å². The molecule has 1 rings (SSSR count). The van der Waals surface area contributed by atoms with Crippen molar-refractivity contribution in [2.45, 2.75) is 64.9 Å². The zero-order valence-corrected chi connectivity index (χ0v) is 12.9. The molecule has 0 aromatic heterocycles. The van der Waals surface area contributed by atoms with Gasteiger partial charge in [-0.05, 0) is 51.9 Å². The number of alkyl halides is 1. The van der Waals surface area contributed by atoms with Crippen LogP contribution in [0.25, 0.3) is 0 Å². The summed E-state index contributed by atoms with van der Waals surface area (Å²) in [7, 11) is 0. The quantitative estimate of drug-likeness (QED) is 0.571. The highest BCUT2D eigenvalue weighted by Crippen LogP contribution is 2.32. The lowest BCUT2D eigenvalue weighted by Gasteiger charge is -2.27. The summed E-state index contributed by atoms with van der Waals surface area (Å²) in [5, 5.41) is 1.13. The number of esters is 1. The molecular weight excluding hydrogens is 280 g/mol. The minimum Gasteiger partial charge on any atom is -0.460 e. The molecule has 0 bridgehead atoms. The third kappa shape index (κ3) is 6.44. The van der Waals surface area contributed by atoms with Crippen LogP contribution in [0.15, 0.2) is 0 Å². The summed E-state index contributed by atoms with van der Waals surface area (Å²) in [6, 6.07) is 0. The predicted molar refractivity (Wildman–Crippen MR) is 74.3 cm³/mol. The van der Waals surface area contributed by atoms with Gasteiger partial charge in [-0.3, -0.25) is 4.79 Å². The summed E-state index contributed by atoms with van der Waals surface area (Å²) in [6.07, 6.45) is 6.76. The highest BCUT2D eigenvalue weighted by Gasteiger charge is 2.22. The van der Waals surface area contributed by atoms with Crippen molar-refractivity contribution >= 4 is 21.9 Å². The van der Waals surface area contributed by atoms with Gasteiger partial charge in [-0.2, -0.15) is 0 Å². The van der Waals surface area contributed by atoms with E-state index in [9.17, 15) is 4.79 Å². The van der Waals surface area contributed by atoms with E-state index in [1.807, 2.05) is 20.8 Å². The van der Waals surface area contributed by atoms with Gasteiger partial charge in [-0.15, -0.1) is 0 Å². The molecule has 0 aliphatic heterocycles. The zero-order chi connectivity index (χ0) is 12.9. The van der Waals surface area contributed by atoms with Crippen molar-refractivity contribution in [3.8, 4) is 0 Å². The SMILES string of the molecule is CC(C)(C)OC(=O)CC[C@H]1CC[C@H](CBr)CC1. The number of carbonyl (C=O) groups is 1. The van der Waals surface area contributed by atoms with Crippen molar-refractivity contribution in [3.63, 3.8) is 0 Å². The van der Waals surface area contributed by atoms with Crippen LogP contribution < -0.4 is 0 Å². The molecule has 100 valence electrons. The third-order valence-corrected chi connectivity index (χ3v) is 4.28. The molecule has 0 atom stereocenters. The molecule has 1 saturated carbocycles. The molecule has 0 radical (unpaired) electrons. The Balaban J connectivity index is 2.17. The molecule has 0 saturated heterocycles. The first-order valence-corrected chi connectivity index (χ1v) is 7.80. The highest BCUT2D eigenvalue weighted by atomic mass is 79.9. The minimum absolute atomic E-state index is 0.0416. The van der Waals surface area contributed by atoms with Gasteiger partial charge in [0, 0.05) is 11.8 Å². The van der Waals surface area contributed by atoms with Crippen LogP contribution in [0.2, 0.25) is 0 Å². The van der Waals surface area contributed by atoms with E-state index in [2.05, 4.69) is 15.9 Å². The molecule has 0 aromatic carbocycles. The summed E-state index contributed by atoms with van der Waals surface area (Å²) >= 11 is 3.55. The maximum atomic E-state index is 11.6. The van der Waals surface area contributed by atoms with E-state index in [1.54, 1.807) is 0 Å². The second-order valence-corrected chi connectivity index (χ2v) is 6.81. The first kappa shape index (κ1) is 15.0. The topological polar surface area (TPSA) is 26.3 Å². The van der Waals surface area contributed by atoms with Crippen molar-refractivity contribution in [1.29, 1.82) is 0 Å².